The summed E-state index contributed by atoms with van der Waals surface area (Å²) in [6.07, 6.45) is 5.44. The monoisotopic (exact) mass is 274 g/mol. The first-order valence-electron chi connectivity index (χ1n) is 6.92. The van der Waals surface area contributed by atoms with Crippen molar-refractivity contribution in [2.45, 2.75) is 64.5 Å². The SMILES string of the molecule is CCCCCCC(C)NC(=O)N[C@@H](CCO)C(=O)O. The van der Waals surface area contributed by atoms with E-state index < -0.39 is 18.0 Å². The molecule has 0 aromatic heterocycles. The summed E-state index contributed by atoms with van der Waals surface area (Å²) in [4.78, 5) is 22.4. The number of nitrogens with one attached hydrogen (secondary N) is 2. The number of urea groups is 1. The summed E-state index contributed by atoms with van der Waals surface area (Å²) in [5.74, 6) is -1.14. The van der Waals surface area contributed by atoms with Crippen LogP contribution in [0.15, 0.2) is 0 Å². The van der Waals surface area contributed by atoms with Gasteiger partial charge in [-0.3, -0.25) is 0 Å². The lowest BCUT2D eigenvalue weighted by atomic mass is 10.1. The van der Waals surface area contributed by atoms with E-state index in [0.29, 0.717) is 0 Å². The number of hydrogen-bond donors (Lipinski definition) is 4. The summed E-state index contributed by atoms with van der Waals surface area (Å²) in [6, 6.07) is -1.53. The average Bonchev–Trinajstić information content (AvgIpc) is 2.34. The largest absolute Gasteiger partial charge is 0.480 e. The first kappa shape index (κ1) is 17.7. The smallest absolute Gasteiger partial charge is 0.326 e. The van der Waals surface area contributed by atoms with Crippen LogP contribution >= 0.6 is 0 Å². The highest BCUT2D eigenvalue weighted by Crippen LogP contribution is 2.05. The normalized spacial score (nSPS) is 13.6. The highest BCUT2D eigenvalue weighted by atomic mass is 16.4. The predicted octanol–water partition coefficient (Wildman–Crippen LogP) is 1.48. The number of unbranched alkanes of at least 4 members (excludes halogenated alkanes) is 3. The number of rotatable bonds is 10. The number of aliphatic carboxylic acids is 1. The molecule has 0 aromatic rings. The average molecular weight is 274 g/mol. The van der Waals surface area contributed by atoms with Crippen molar-refractivity contribution in [2.75, 3.05) is 6.61 Å². The molecule has 0 radical (unpaired) electrons. The molecule has 19 heavy (non-hydrogen) atoms. The summed E-state index contributed by atoms with van der Waals surface area (Å²) < 4.78 is 0. The third-order valence-corrected chi connectivity index (χ3v) is 2.89. The Balaban J connectivity index is 3.90. The van der Waals surface area contributed by atoms with E-state index in [0.717, 1.165) is 19.3 Å². The van der Waals surface area contributed by atoms with Gasteiger partial charge in [0.15, 0.2) is 0 Å². The molecule has 4 N–H and O–H groups in total. The molecule has 112 valence electrons. The summed E-state index contributed by atoms with van der Waals surface area (Å²) in [5, 5.41) is 22.6. The summed E-state index contributed by atoms with van der Waals surface area (Å²) in [7, 11) is 0. The van der Waals surface area contributed by atoms with Crippen molar-refractivity contribution in [2.24, 2.45) is 0 Å². The molecule has 0 aliphatic heterocycles. The van der Waals surface area contributed by atoms with Gasteiger partial charge < -0.3 is 20.8 Å². The molecule has 1 unspecified atom stereocenters. The van der Waals surface area contributed by atoms with Gasteiger partial charge in [0.25, 0.3) is 0 Å². The molecule has 0 heterocycles. The standard InChI is InChI=1S/C13H26N2O4/c1-3-4-5-6-7-10(2)14-13(19)15-11(8-9-16)12(17)18/h10-11,16H,3-9H2,1-2H3,(H,17,18)(H2,14,15,19)/t10?,11-/m0/s1. The van der Waals surface area contributed by atoms with Gasteiger partial charge in [0.1, 0.15) is 6.04 Å². The van der Waals surface area contributed by atoms with Crippen LogP contribution in [0.3, 0.4) is 0 Å². The van der Waals surface area contributed by atoms with Crippen molar-refractivity contribution in [1.29, 1.82) is 0 Å². The number of aliphatic hydroxyl groups is 1. The van der Waals surface area contributed by atoms with Crippen LogP contribution in [0.4, 0.5) is 4.79 Å². The van der Waals surface area contributed by atoms with Crippen LogP contribution < -0.4 is 10.6 Å². The van der Waals surface area contributed by atoms with Gasteiger partial charge in [-0.15, -0.1) is 0 Å². The van der Waals surface area contributed by atoms with Gasteiger partial charge in [-0.25, -0.2) is 9.59 Å². The number of carbonyl (C=O) groups excluding carboxylic acids is 1. The first-order valence-corrected chi connectivity index (χ1v) is 6.92. The van der Waals surface area contributed by atoms with Crippen LogP contribution in [0, 0.1) is 0 Å². The summed E-state index contributed by atoms with van der Waals surface area (Å²) in [5.41, 5.74) is 0. The molecule has 2 atom stereocenters. The molecule has 0 fully saturated rings. The minimum Gasteiger partial charge on any atom is -0.480 e. The highest BCUT2D eigenvalue weighted by molar-refractivity contribution is 5.82. The second-order valence-electron chi connectivity index (χ2n) is 4.77. The third kappa shape index (κ3) is 9.30. The van der Waals surface area contributed by atoms with E-state index in [1.807, 2.05) is 6.92 Å². The second-order valence-corrected chi connectivity index (χ2v) is 4.77. The van der Waals surface area contributed by atoms with E-state index in [9.17, 15) is 9.59 Å². The lowest BCUT2D eigenvalue weighted by molar-refractivity contribution is -0.139. The van der Waals surface area contributed by atoms with E-state index in [1.165, 1.54) is 12.8 Å². The Hall–Kier alpha value is -1.30. The van der Waals surface area contributed by atoms with Crippen LogP contribution in [0.1, 0.15) is 52.4 Å². The van der Waals surface area contributed by atoms with Crippen LogP contribution in [0.25, 0.3) is 0 Å². The number of carboxylic acids is 1. The van der Waals surface area contributed by atoms with E-state index in [-0.39, 0.29) is 19.1 Å². The number of carboxylic acid groups (broad SMARTS) is 1. The van der Waals surface area contributed by atoms with Gasteiger partial charge in [-0.1, -0.05) is 32.6 Å². The Morgan fingerprint density at radius 1 is 1.11 bits per heavy atom. The van der Waals surface area contributed by atoms with Gasteiger partial charge in [-0.05, 0) is 13.3 Å². The fraction of sp³-hybridized carbons (Fsp3) is 0.846. The van der Waals surface area contributed by atoms with Crippen molar-refractivity contribution in [1.82, 2.24) is 10.6 Å². The predicted molar refractivity (Wildman–Crippen MR) is 73.0 cm³/mol. The topological polar surface area (TPSA) is 98.7 Å². The van der Waals surface area contributed by atoms with E-state index >= 15 is 0 Å². The van der Waals surface area contributed by atoms with Gasteiger partial charge in [-0.2, -0.15) is 0 Å². The molecule has 0 saturated carbocycles. The zero-order valence-corrected chi connectivity index (χ0v) is 11.8. The van der Waals surface area contributed by atoms with Crippen molar-refractivity contribution >= 4 is 12.0 Å². The van der Waals surface area contributed by atoms with Gasteiger partial charge in [0, 0.05) is 19.1 Å². The Labute approximate surface area is 114 Å². The molecular weight excluding hydrogens is 248 g/mol. The fourth-order valence-electron chi connectivity index (χ4n) is 1.76. The molecule has 0 aromatic carbocycles. The zero-order valence-electron chi connectivity index (χ0n) is 11.8. The number of carbonyl (C=O) groups is 2. The maximum Gasteiger partial charge on any atom is 0.326 e. The van der Waals surface area contributed by atoms with Gasteiger partial charge in [0.05, 0.1) is 0 Å². The van der Waals surface area contributed by atoms with Crippen LogP contribution in [0.2, 0.25) is 0 Å². The Bertz CT molecular complexity index is 271. The minimum atomic E-state index is -1.14. The van der Waals surface area contributed by atoms with Crippen molar-refractivity contribution in [3.05, 3.63) is 0 Å². The molecule has 2 amide bonds. The number of aliphatic hydroxyl groups excluding tert-OH is 1. The maximum absolute atomic E-state index is 11.6. The maximum atomic E-state index is 11.6. The second kappa shape index (κ2) is 10.6. The Morgan fingerprint density at radius 2 is 1.79 bits per heavy atom. The zero-order chi connectivity index (χ0) is 14.7. The third-order valence-electron chi connectivity index (χ3n) is 2.89. The Morgan fingerprint density at radius 3 is 2.32 bits per heavy atom. The van der Waals surface area contributed by atoms with Crippen LogP contribution in [0.5, 0.6) is 0 Å². The molecular formula is C13H26N2O4. The van der Waals surface area contributed by atoms with Crippen molar-refractivity contribution in [3.8, 4) is 0 Å². The molecule has 0 rings (SSSR count). The summed E-state index contributed by atoms with van der Waals surface area (Å²) >= 11 is 0. The van der Waals surface area contributed by atoms with E-state index in [2.05, 4.69) is 17.6 Å². The van der Waals surface area contributed by atoms with Crippen LogP contribution in [-0.2, 0) is 4.79 Å². The highest BCUT2D eigenvalue weighted by Gasteiger charge is 2.19. The van der Waals surface area contributed by atoms with E-state index in [1.54, 1.807) is 0 Å². The molecule has 0 bridgehead atoms. The van der Waals surface area contributed by atoms with Gasteiger partial charge >= 0.3 is 12.0 Å². The van der Waals surface area contributed by atoms with Crippen molar-refractivity contribution in [3.63, 3.8) is 0 Å². The summed E-state index contributed by atoms with van der Waals surface area (Å²) in [6.45, 7) is 3.76. The molecule has 0 aliphatic rings. The quantitative estimate of drug-likeness (QED) is 0.453. The van der Waals surface area contributed by atoms with Crippen LogP contribution in [-0.4, -0.2) is 40.9 Å². The lowest BCUT2D eigenvalue weighted by Crippen LogP contribution is -2.48. The first-order chi connectivity index (χ1) is 9.01. The van der Waals surface area contributed by atoms with Crippen molar-refractivity contribution < 1.29 is 19.8 Å². The van der Waals surface area contributed by atoms with Gasteiger partial charge in [0.2, 0.25) is 0 Å². The molecule has 0 saturated heterocycles. The molecule has 0 spiro atoms. The fourth-order valence-corrected chi connectivity index (χ4v) is 1.76. The lowest BCUT2D eigenvalue weighted by Gasteiger charge is -2.17. The molecule has 6 nitrogen and oxygen atoms in total. The number of hydrogen-bond acceptors (Lipinski definition) is 3. The molecule has 6 heteroatoms. The Kier molecular flexibility index (Phi) is 9.88. The van der Waals surface area contributed by atoms with E-state index in [4.69, 9.17) is 10.2 Å². The minimum absolute atomic E-state index is 0.00757. The number of amides is 2. The molecule has 0 aliphatic carbocycles.